The summed E-state index contributed by atoms with van der Waals surface area (Å²) >= 11 is 0. The number of rotatable bonds is 11. The standard InChI is InChI=1S/C22H30N4O4/c1-5-6-11-23-22(28)25-20-16(2)9-7-10-19(20)30-13-8-12-26-14-18(24-15-26)17(3)21(27)29-4/h7,9-10,14-15H,3,5-6,8,11-13H2,1-2,4H3,(H2,23,25,28). The normalized spacial score (nSPS) is 10.4. The summed E-state index contributed by atoms with van der Waals surface area (Å²) in [4.78, 5) is 27.8. The van der Waals surface area contributed by atoms with Crippen LogP contribution in [0.1, 0.15) is 37.4 Å². The third-order valence-corrected chi connectivity index (χ3v) is 4.48. The van der Waals surface area contributed by atoms with Crippen molar-refractivity contribution in [3.05, 3.63) is 48.6 Å². The van der Waals surface area contributed by atoms with Crippen LogP contribution in [0.5, 0.6) is 5.75 Å². The minimum atomic E-state index is -0.498. The van der Waals surface area contributed by atoms with Crippen molar-refractivity contribution in [3.63, 3.8) is 0 Å². The Balaban J connectivity index is 1.87. The number of amides is 2. The van der Waals surface area contributed by atoms with Crippen LogP contribution in [0.15, 0.2) is 37.3 Å². The number of nitrogens with zero attached hydrogens (tertiary/aromatic N) is 2. The first-order valence-electron chi connectivity index (χ1n) is 10.0. The van der Waals surface area contributed by atoms with Crippen LogP contribution in [-0.4, -0.2) is 41.8 Å². The quantitative estimate of drug-likeness (QED) is 0.332. The Hall–Kier alpha value is -3.29. The van der Waals surface area contributed by atoms with Crippen molar-refractivity contribution in [3.8, 4) is 5.75 Å². The fourth-order valence-corrected chi connectivity index (χ4v) is 2.75. The average Bonchev–Trinajstić information content (AvgIpc) is 3.21. The van der Waals surface area contributed by atoms with E-state index in [9.17, 15) is 9.59 Å². The SMILES string of the molecule is C=C(C(=O)OC)c1cn(CCCOc2cccc(C)c2NC(=O)NCCCC)cn1. The number of urea groups is 1. The Morgan fingerprint density at radius 3 is 2.80 bits per heavy atom. The molecule has 0 spiro atoms. The summed E-state index contributed by atoms with van der Waals surface area (Å²) in [7, 11) is 1.31. The monoisotopic (exact) mass is 414 g/mol. The molecule has 2 N–H and O–H groups in total. The highest BCUT2D eigenvalue weighted by atomic mass is 16.5. The van der Waals surface area contributed by atoms with Crippen molar-refractivity contribution in [2.75, 3.05) is 25.6 Å². The molecule has 0 fully saturated rings. The van der Waals surface area contributed by atoms with E-state index < -0.39 is 5.97 Å². The van der Waals surface area contributed by atoms with Crippen LogP contribution in [0.25, 0.3) is 5.57 Å². The molecule has 0 radical (unpaired) electrons. The molecule has 0 atom stereocenters. The highest BCUT2D eigenvalue weighted by Gasteiger charge is 2.13. The molecule has 162 valence electrons. The molecule has 1 aromatic carbocycles. The summed E-state index contributed by atoms with van der Waals surface area (Å²) in [5.41, 5.74) is 2.31. The number of esters is 1. The molecule has 1 heterocycles. The van der Waals surface area contributed by atoms with Gasteiger partial charge in [-0.1, -0.05) is 32.1 Å². The number of benzene rings is 1. The minimum absolute atomic E-state index is 0.222. The van der Waals surface area contributed by atoms with Gasteiger partial charge in [0.15, 0.2) is 0 Å². The van der Waals surface area contributed by atoms with Gasteiger partial charge in [0.2, 0.25) is 0 Å². The second kappa shape index (κ2) is 11.6. The highest BCUT2D eigenvalue weighted by Crippen LogP contribution is 2.28. The number of ether oxygens (including phenoxy) is 2. The summed E-state index contributed by atoms with van der Waals surface area (Å²) in [5.74, 6) is 0.132. The third-order valence-electron chi connectivity index (χ3n) is 4.48. The maximum atomic E-state index is 12.1. The van der Waals surface area contributed by atoms with Gasteiger partial charge in [0.1, 0.15) is 5.75 Å². The molecule has 8 nitrogen and oxygen atoms in total. The van der Waals surface area contributed by atoms with Crippen LogP contribution in [0.4, 0.5) is 10.5 Å². The van der Waals surface area contributed by atoms with Crippen LogP contribution in [0, 0.1) is 6.92 Å². The molecule has 0 unspecified atom stereocenters. The van der Waals surface area contributed by atoms with Gasteiger partial charge >= 0.3 is 12.0 Å². The number of carbonyl (C=O) groups is 2. The summed E-state index contributed by atoms with van der Waals surface area (Å²) < 4.78 is 12.4. The first-order chi connectivity index (χ1) is 14.5. The van der Waals surface area contributed by atoms with Crippen molar-refractivity contribution < 1.29 is 19.1 Å². The molecule has 0 aliphatic carbocycles. The van der Waals surface area contributed by atoms with Crippen molar-refractivity contribution in [1.29, 1.82) is 0 Å². The van der Waals surface area contributed by atoms with Crippen molar-refractivity contribution in [2.45, 2.75) is 39.7 Å². The van der Waals surface area contributed by atoms with Gasteiger partial charge in [-0.2, -0.15) is 0 Å². The van der Waals surface area contributed by atoms with Gasteiger partial charge in [0.25, 0.3) is 0 Å². The van der Waals surface area contributed by atoms with Crippen molar-refractivity contribution >= 4 is 23.3 Å². The fraction of sp³-hybridized carbons (Fsp3) is 0.409. The zero-order chi connectivity index (χ0) is 21.9. The molecule has 30 heavy (non-hydrogen) atoms. The molecule has 0 aliphatic rings. The van der Waals surface area contributed by atoms with E-state index in [4.69, 9.17) is 4.74 Å². The molecular weight excluding hydrogens is 384 g/mol. The van der Waals surface area contributed by atoms with E-state index in [-0.39, 0.29) is 11.6 Å². The molecule has 8 heteroatoms. The highest BCUT2D eigenvalue weighted by molar-refractivity contribution is 6.14. The maximum Gasteiger partial charge on any atom is 0.339 e. The van der Waals surface area contributed by atoms with E-state index in [0.29, 0.717) is 36.8 Å². The van der Waals surface area contributed by atoms with Crippen molar-refractivity contribution in [2.24, 2.45) is 0 Å². The lowest BCUT2D eigenvalue weighted by atomic mass is 10.2. The fourth-order valence-electron chi connectivity index (χ4n) is 2.75. The Bertz CT molecular complexity index is 876. The van der Waals surface area contributed by atoms with E-state index in [1.165, 1.54) is 7.11 Å². The van der Waals surface area contributed by atoms with Crippen LogP contribution in [-0.2, 0) is 16.1 Å². The summed E-state index contributed by atoms with van der Waals surface area (Å²) in [6.45, 7) is 9.46. The van der Waals surface area contributed by atoms with Crippen LogP contribution < -0.4 is 15.4 Å². The van der Waals surface area contributed by atoms with Gasteiger partial charge in [-0.05, 0) is 31.4 Å². The number of hydrogen-bond acceptors (Lipinski definition) is 5. The molecule has 0 saturated carbocycles. The number of hydrogen-bond donors (Lipinski definition) is 2. The number of para-hydroxylation sites is 1. The van der Waals surface area contributed by atoms with Crippen LogP contribution in [0.3, 0.4) is 0 Å². The molecule has 2 aromatic rings. The molecule has 0 aliphatic heterocycles. The van der Waals surface area contributed by atoms with Crippen molar-refractivity contribution in [1.82, 2.24) is 14.9 Å². The second-order valence-electron chi connectivity index (χ2n) is 6.85. The topological polar surface area (TPSA) is 94.5 Å². The zero-order valence-corrected chi connectivity index (χ0v) is 17.9. The predicted molar refractivity (Wildman–Crippen MR) is 116 cm³/mol. The first-order valence-corrected chi connectivity index (χ1v) is 10.0. The second-order valence-corrected chi connectivity index (χ2v) is 6.85. The smallest absolute Gasteiger partial charge is 0.339 e. The molecule has 0 bridgehead atoms. The van der Waals surface area contributed by atoms with Gasteiger partial charge in [-0.15, -0.1) is 0 Å². The molecule has 2 amide bonds. The van der Waals surface area contributed by atoms with E-state index in [1.54, 1.807) is 12.5 Å². The molecule has 0 saturated heterocycles. The number of aryl methyl sites for hydroxylation is 2. The predicted octanol–water partition coefficient (Wildman–Crippen LogP) is 3.77. The third kappa shape index (κ3) is 6.65. The van der Waals surface area contributed by atoms with Crippen LogP contribution >= 0.6 is 0 Å². The summed E-state index contributed by atoms with van der Waals surface area (Å²) in [6, 6.07) is 5.42. The maximum absolute atomic E-state index is 12.1. The number of imidazole rings is 1. The Morgan fingerprint density at radius 1 is 1.27 bits per heavy atom. The number of unbranched alkanes of at least 4 members (excludes halogenated alkanes) is 1. The average molecular weight is 415 g/mol. The van der Waals surface area contributed by atoms with E-state index in [2.05, 4.69) is 33.9 Å². The van der Waals surface area contributed by atoms with Crippen LogP contribution in [0.2, 0.25) is 0 Å². The lowest BCUT2D eigenvalue weighted by Gasteiger charge is -2.15. The van der Waals surface area contributed by atoms with E-state index in [1.807, 2.05) is 29.7 Å². The molecular formula is C22H30N4O4. The van der Waals surface area contributed by atoms with Gasteiger partial charge in [0, 0.05) is 19.3 Å². The molecule has 2 rings (SSSR count). The number of aromatic nitrogens is 2. The zero-order valence-electron chi connectivity index (χ0n) is 17.9. The van der Waals surface area contributed by atoms with E-state index >= 15 is 0 Å². The Kier molecular flexibility index (Phi) is 8.93. The lowest BCUT2D eigenvalue weighted by molar-refractivity contribution is -0.133. The number of anilines is 1. The largest absolute Gasteiger partial charge is 0.491 e. The summed E-state index contributed by atoms with van der Waals surface area (Å²) in [5, 5.41) is 5.73. The first kappa shape index (κ1) is 23.0. The Morgan fingerprint density at radius 2 is 2.07 bits per heavy atom. The minimum Gasteiger partial charge on any atom is -0.491 e. The molecule has 1 aromatic heterocycles. The van der Waals surface area contributed by atoms with Gasteiger partial charge in [-0.3, -0.25) is 0 Å². The number of methoxy groups -OCH3 is 1. The van der Waals surface area contributed by atoms with Gasteiger partial charge < -0.3 is 24.7 Å². The number of carbonyl (C=O) groups excluding carboxylic acids is 2. The summed E-state index contributed by atoms with van der Waals surface area (Å²) in [6.07, 6.45) is 6.07. The number of nitrogens with one attached hydrogen (secondary N) is 2. The van der Waals surface area contributed by atoms with Gasteiger partial charge in [0.05, 0.1) is 37.0 Å². The Labute approximate surface area is 177 Å². The van der Waals surface area contributed by atoms with Gasteiger partial charge in [-0.25, -0.2) is 14.6 Å². The van der Waals surface area contributed by atoms with E-state index in [0.717, 1.165) is 24.8 Å². The lowest BCUT2D eigenvalue weighted by Crippen LogP contribution is -2.30.